The van der Waals surface area contributed by atoms with Crippen LogP contribution in [0, 0.1) is 14.3 Å². The van der Waals surface area contributed by atoms with E-state index in [-0.39, 0.29) is 23.7 Å². The highest BCUT2D eigenvalue weighted by atomic mass is 127. The van der Waals surface area contributed by atoms with Crippen molar-refractivity contribution in [3.8, 4) is 46.0 Å². The van der Waals surface area contributed by atoms with Crippen LogP contribution in [0.2, 0.25) is 0 Å². The number of rotatable bonds is 40. The van der Waals surface area contributed by atoms with Crippen molar-refractivity contribution in [3.05, 3.63) is 83.1 Å². The fourth-order valence-electron chi connectivity index (χ4n) is 15.6. The van der Waals surface area contributed by atoms with E-state index < -0.39 is 0 Å². The van der Waals surface area contributed by atoms with E-state index in [4.69, 9.17) is 37.9 Å². The summed E-state index contributed by atoms with van der Waals surface area (Å²) in [6.45, 7) is 12.7. The van der Waals surface area contributed by atoms with E-state index in [0.29, 0.717) is 52.9 Å². The molecule has 0 atom stereocenters. The zero-order valence-electron chi connectivity index (χ0n) is 57.3. The van der Waals surface area contributed by atoms with Gasteiger partial charge in [-0.3, -0.25) is 0 Å². The first-order chi connectivity index (χ1) is 45.3. The fourth-order valence-corrected chi connectivity index (χ4v) is 19.3. The van der Waals surface area contributed by atoms with Crippen LogP contribution in [0.25, 0.3) is 0 Å². The molecule has 4 aromatic rings. The fraction of sp³-hybridized carbons (Fsp3) is 0.700. The minimum Gasteiger partial charge on any atom is -0.488 e. The molecule has 0 N–H and O–H groups in total. The molecule has 4 aromatic carbocycles. The molecule has 0 fully saturated rings. The molecule has 0 radical (unpaired) electrons. The maximum atomic E-state index is 7.22. The van der Waals surface area contributed by atoms with E-state index in [2.05, 4.69) is 142 Å². The quantitative estimate of drug-likeness (QED) is 0.0322. The van der Waals surface area contributed by atoms with Gasteiger partial charge in [-0.2, -0.15) is 0 Å². The molecule has 8 nitrogen and oxygen atoms in total. The maximum absolute atomic E-state index is 7.22. The summed E-state index contributed by atoms with van der Waals surface area (Å²) in [4.78, 5) is 0. The zero-order chi connectivity index (χ0) is 64.3. The number of ether oxygens (including phenoxy) is 8. The lowest BCUT2D eigenvalue weighted by molar-refractivity contribution is 0.200. The lowest BCUT2D eigenvalue weighted by Gasteiger charge is -2.32. The molecule has 1 aliphatic carbocycles. The first kappa shape index (κ1) is 74.4. The van der Waals surface area contributed by atoms with Crippen LogP contribution >= 0.6 is 90.4 Å². The standard InChI is InChI=1S/C80H116I4O8/c1-5-9-13-17-21-25-29-33-37-41-57-61-53-63-58(42-38-34-30-26-22-18-14-10-6-2)65-55-67-60(44-40-36-32-28-24-20-16-12-8-4)68-56-66-59(43-39-35-31-27-23-19-15-11-7-3)64-54-62(57)74-70(82)76(64)88-48-50-90-78(66)72(84)80(68)92-52-51-91-79(67)71(83)77(65)89-49-47-87-75(63)69(81)73(61)85-45-46-86-74/h53-60H,5-52H2,1-4H3. The second-order valence-corrected chi connectivity index (χ2v) is 31.9. The minimum atomic E-state index is -0.0191. The largest absolute Gasteiger partial charge is 0.488 e. The Labute approximate surface area is 612 Å². The van der Waals surface area contributed by atoms with Crippen LogP contribution in [0.5, 0.6) is 46.0 Å². The first-order valence-electron chi connectivity index (χ1n) is 37.8. The molecular weight excluding hydrogens is 1600 g/mol. The van der Waals surface area contributed by atoms with E-state index in [1.54, 1.807) is 0 Å². The second kappa shape index (κ2) is 40.9. The lowest BCUT2D eigenvalue weighted by Crippen LogP contribution is -2.15. The second-order valence-electron chi connectivity index (χ2n) is 27.6. The monoisotopic (exact) mass is 1710 g/mol. The maximum Gasteiger partial charge on any atom is 0.140 e. The van der Waals surface area contributed by atoms with Crippen LogP contribution in [0.4, 0.5) is 0 Å². The molecule has 5 aliphatic rings. The lowest BCUT2D eigenvalue weighted by atomic mass is 9.76. The highest BCUT2D eigenvalue weighted by Crippen LogP contribution is 2.58. The van der Waals surface area contributed by atoms with E-state index in [0.717, 1.165) is 112 Å². The topological polar surface area (TPSA) is 73.8 Å². The van der Waals surface area contributed by atoms with Crippen LogP contribution in [-0.2, 0) is 0 Å². The number of halogens is 4. The molecule has 4 heterocycles. The first-order valence-corrected chi connectivity index (χ1v) is 42.1. The summed E-state index contributed by atoms with van der Waals surface area (Å²) in [7, 11) is 0. The molecule has 0 saturated carbocycles. The SMILES string of the molecule is CCCCCCCCCCCC1c2cc3c4c(I)c2OCCOc2c1cc1c(c2I)OCCOc2c(cc5c(c2I)OCCOc2c(cc(c(c2I)OCCO4)C3CCCCCCCCCCC)C5CCCCCCCCCCC)C1CCCCCCCCCCC. The van der Waals surface area contributed by atoms with Gasteiger partial charge in [-0.15, -0.1) is 0 Å². The van der Waals surface area contributed by atoms with Crippen LogP contribution in [0.15, 0.2) is 24.3 Å². The molecule has 92 heavy (non-hydrogen) atoms. The number of hydrogen-bond donors (Lipinski definition) is 0. The Kier molecular flexibility index (Phi) is 33.1. The third-order valence-electron chi connectivity index (χ3n) is 20.6. The molecular formula is C80H116I4O8. The van der Waals surface area contributed by atoms with Gasteiger partial charge in [-0.25, -0.2) is 0 Å². The van der Waals surface area contributed by atoms with E-state index in [1.807, 2.05) is 0 Å². The summed E-state index contributed by atoms with van der Waals surface area (Å²) in [5, 5.41) is 0. The molecule has 8 bridgehead atoms. The van der Waals surface area contributed by atoms with Gasteiger partial charge in [0.25, 0.3) is 0 Å². The van der Waals surface area contributed by atoms with Gasteiger partial charge in [0.05, 0.1) is 14.3 Å². The molecule has 0 amide bonds. The molecule has 0 spiro atoms. The Morgan fingerprint density at radius 1 is 0.217 bits per heavy atom. The summed E-state index contributed by atoms with van der Waals surface area (Å²) in [5.41, 5.74) is 10.1. The summed E-state index contributed by atoms with van der Waals surface area (Å²) >= 11 is 10.5. The molecule has 0 saturated heterocycles. The molecule has 4 aliphatic heterocycles. The highest BCUT2D eigenvalue weighted by molar-refractivity contribution is 14.1. The van der Waals surface area contributed by atoms with Gasteiger partial charge in [-0.05, 0) is 140 Å². The Morgan fingerprint density at radius 3 is 0.489 bits per heavy atom. The molecule has 12 heteroatoms. The molecule has 0 aromatic heterocycles. The third kappa shape index (κ3) is 20.2. The van der Waals surface area contributed by atoms with E-state index in [9.17, 15) is 0 Å². The van der Waals surface area contributed by atoms with Gasteiger partial charge in [0, 0.05) is 68.2 Å². The zero-order valence-corrected chi connectivity index (χ0v) is 66.0. The summed E-state index contributed by atoms with van der Waals surface area (Å²) in [6, 6.07) is 10.4. The summed E-state index contributed by atoms with van der Waals surface area (Å²) < 4.78 is 62.0. The molecule has 9 rings (SSSR count). The van der Waals surface area contributed by atoms with Crippen molar-refractivity contribution < 1.29 is 37.9 Å². The average molecular weight is 1710 g/mol. The van der Waals surface area contributed by atoms with Crippen LogP contribution in [0.3, 0.4) is 0 Å². The highest BCUT2D eigenvalue weighted by Gasteiger charge is 2.40. The van der Waals surface area contributed by atoms with Gasteiger partial charge >= 0.3 is 0 Å². The van der Waals surface area contributed by atoms with Crippen molar-refractivity contribution in [3.63, 3.8) is 0 Å². The van der Waals surface area contributed by atoms with Crippen LogP contribution in [0.1, 0.15) is 353 Å². The van der Waals surface area contributed by atoms with Crippen molar-refractivity contribution in [1.82, 2.24) is 0 Å². The Bertz CT molecular complexity index is 2360. The normalized spacial score (nSPS) is 17.9. The van der Waals surface area contributed by atoms with Gasteiger partial charge in [0.15, 0.2) is 0 Å². The summed E-state index contributed by atoms with van der Waals surface area (Å²) in [5.74, 6) is 7.55. The van der Waals surface area contributed by atoms with E-state index >= 15 is 0 Å². The van der Waals surface area contributed by atoms with Crippen molar-refractivity contribution in [1.29, 1.82) is 0 Å². The van der Waals surface area contributed by atoms with Crippen molar-refractivity contribution in [2.24, 2.45) is 0 Å². The Morgan fingerprint density at radius 2 is 0.348 bits per heavy atom. The molecule has 0 unspecified atom stereocenters. The van der Waals surface area contributed by atoms with Gasteiger partial charge < -0.3 is 37.9 Å². The van der Waals surface area contributed by atoms with Gasteiger partial charge in [-0.1, -0.05) is 259 Å². The molecule has 512 valence electrons. The third-order valence-corrected chi connectivity index (χ3v) is 24.5. The van der Waals surface area contributed by atoms with Crippen LogP contribution < -0.4 is 37.9 Å². The van der Waals surface area contributed by atoms with Crippen molar-refractivity contribution >= 4 is 90.4 Å². The van der Waals surface area contributed by atoms with Gasteiger partial charge in [0.1, 0.15) is 98.9 Å². The minimum absolute atomic E-state index is 0.0191. The van der Waals surface area contributed by atoms with E-state index in [1.165, 1.54) is 250 Å². The van der Waals surface area contributed by atoms with Crippen molar-refractivity contribution in [2.75, 3.05) is 52.9 Å². The average Bonchev–Trinajstić information content (AvgIpc) is 1.18. The van der Waals surface area contributed by atoms with Crippen LogP contribution in [-0.4, -0.2) is 52.9 Å². The predicted molar refractivity (Wildman–Crippen MR) is 415 cm³/mol. The number of benzene rings is 4. The Hall–Kier alpha value is -1.80. The number of hydrogen-bond acceptors (Lipinski definition) is 8. The summed E-state index contributed by atoms with van der Waals surface area (Å²) in [6.07, 6.45) is 49.9. The predicted octanol–water partition coefficient (Wildman–Crippen LogP) is 25.7. The Balaban J connectivity index is 1.28. The van der Waals surface area contributed by atoms with Gasteiger partial charge in [0.2, 0.25) is 0 Å². The number of unbranched alkanes of at least 4 members (excludes halogenated alkanes) is 32. The van der Waals surface area contributed by atoms with Crippen molar-refractivity contribution in [2.45, 2.75) is 308 Å². The smallest absolute Gasteiger partial charge is 0.140 e.